The molecule has 2 aromatic rings. The molecule has 1 amide bonds. The smallest absolute Gasteiger partial charge is 0.243 e. The molecule has 5 nitrogen and oxygen atoms in total. The number of carbonyl (C=O) groups is 1. The van der Waals surface area contributed by atoms with Crippen molar-refractivity contribution in [2.75, 3.05) is 23.8 Å². The van der Waals surface area contributed by atoms with Crippen LogP contribution >= 0.6 is 11.5 Å². The lowest BCUT2D eigenvalue weighted by atomic mass is 10.1. The van der Waals surface area contributed by atoms with Gasteiger partial charge in [-0.15, -0.1) is 0 Å². The normalized spacial score (nSPS) is 10.9. The fourth-order valence-electron chi connectivity index (χ4n) is 2.46. The van der Waals surface area contributed by atoms with Crippen molar-refractivity contribution in [2.24, 2.45) is 0 Å². The minimum atomic E-state index is -0.0520. The molecule has 0 aliphatic rings. The summed E-state index contributed by atoms with van der Waals surface area (Å²) in [5.41, 5.74) is 4.26. The van der Waals surface area contributed by atoms with E-state index in [1.807, 2.05) is 25.8 Å². The molecule has 0 spiro atoms. The van der Waals surface area contributed by atoms with Crippen LogP contribution in [0, 0.1) is 20.8 Å². The van der Waals surface area contributed by atoms with Gasteiger partial charge in [-0.1, -0.05) is 31.5 Å². The van der Waals surface area contributed by atoms with E-state index < -0.39 is 0 Å². The Bertz CT molecular complexity index is 685. The molecule has 0 bridgehead atoms. The number of nitrogens with one attached hydrogen (secondary N) is 1. The van der Waals surface area contributed by atoms with E-state index in [9.17, 15) is 4.79 Å². The second kappa shape index (κ2) is 7.08. The Labute approximate surface area is 141 Å². The summed E-state index contributed by atoms with van der Waals surface area (Å²) in [7, 11) is 1.86. The van der Waals surface area contributed by atoms with Crippen molar-refractivity contribution >= 4 is 28.3 Å². The monoisotopic (exact) mass is 332 g/mol. The van der Waals surface area contributed by atoms with Gasteiger partial charge in [-0.3, -0.25) is 4.79 Å². The molecule has 0 fully saturated rings. The van der Waals surface area contributed by atoms with E-state index in [-0.39, 0.29) is 12.5 Å². The Morgan fingerprint density at radius 1 is 1.26 bits per heavy atom. The van der Waals surface area contributed by atoms with E-state index in [4.69, 9.17) is 0 Å². The topological polar surface area (TPSA) is 58.1 Å². The van der Waals surface area contributed by atoms with Crippen LogP contribution in [0.3, 0.4) is 0 Å². The predicted molar refractivity (Wildman–Crippen MR) is 96.6 cm³/mol. The molecule has 1 heterocycles. The number of anilines is 2. The number of benzene rings is 1. The Morgan fingerprint density at radius 2 is 1.87 bits per heavy atom. The summed E-state index contributed by atoms with van der Waals surface area (Å²) in [4.78, 5) is 18.6. The summed E-state index contributed by atoms with van der Waals surface area (Å²) in [5, 5.41) is 3.78. The predicted octanol–water partition coefficient (Wildman–Crippen LogP) is 3.66. The van der Waals surface area contributed by atoms with Crippen LogP contribution in [0.15, 0.2) is 12.1 Å². The number of amides is 1. The summed E-state index contributed by atoms with van der Waals surface area (Å²) >= 11 is 1.33. The van der Waals surface area contributed by atoms with Gasteiger partial charge in [-0.2, -0.15) is 4.37 Å². The average Bonchev–Trinajstić information content (AvgIpc) is 2.92. The zero-order chi connectivity index (χ0) is 17.1. The third-order valence-corrected chi connectivity index (χ3v) is 4.44. The lowest BCUT2D eigenvalue weighted by molar-refractivity contribution is -0.114. The minimum Gasteiger partial charge on any atom is -0.341 e. The molecular formula is C17H24N4OS. The maximum Gasteiger partial charge on any atom is 0.243 e. The van der Waals surface area contributed by atoms with E-state index in [1.54, 1.807) is 0 Å². The standard InChI is InChI=1S/C17H24N4OS/c1-10(2)16-19-17(23-20-16)21(6)9-14(22)18-15-12(4)7-11(3)8-13(15)5/h7-8,10H,9H2,1-6H3,(H,18,22). The molecule has 6 heteroatoms. The first kappa shape index (κ1) is 17.4. The molecule has 0 radical (unpaired) electrons. The van der Waals surface area contributed by atoms with E-state index in [2.05, 4.69) is 47.6 Å². The number of rotatable bonds is 5. The van der Waals surface area contributed by atoms with Gasteiger partial charge in [0, 0.05) is 30.2 Å². The first-order chi connectivity index (χ1) is 10.8. The highest BCUT2D eigenvalue weighted by Crippen LogP contribution is 2.23. The summed E-state index contributed by atoms with van der Waals surface area (Å²) < 4.78 is 4.32. The molecular weight excluding hydrogens is 308 g/mol. The lowest BCUT2D eigenvalue weighted by Gasteiger charge is -2.17. The van der Waals surface area contributed by atoms with Crippen LogP contribution in [0.2, 0.25) is 0 Å². The molecule has 0 aliphatic heterocycles. The van der Waals surface area contributed by atoms with Crippen molar-refractivity contribution in [2.45, 2.75) is 40.5 Å². The Kier molecular flexibility index (Phi) is 5.36. The SMILES string of the molecule is Cc1cc(C)c(NC(=O)CN(C)c2nc(C(C)C)ns2)c(C)c1. The Morgan fingerprint density at radius 3 is 2.39 bits per heavy atom. The average molecular weight is 332 g/mol. The molecule has 23 heavy (non-hydrogen) atoms. The Balaban J connectivity index is 2.04. The van der Waals surface area contributed by atoms with Crippen LogP contribution < -0.4 is 10.2 Å². The van der Waals surface area contributed by atoms with Gasteiger partial charge in [0.25, 0.3) is 0 Å². The van der Waals surface area contributed by atoms with Crippen molar-refractivity contribution in [3.8, 4) is 0 Å². The number of carbonyl (C=O) groups excluding carboxylic acids is 1. The van der Waals surface area contributed by atoms with Crippen molar-refractivity contribution in [1.82, 2.24) is 9.36 Å². The van der Waals surface area contributed by atoms with E-state index >= 15 is 0 Å². The number of hydrogen-bond donors (Lipinski definition) is 1. The number of likely N-dealkylation sites (N-methyl/N-ethyl adjacent to an activating group) is 1. The summed E-state index contributed by atoms with van der Waals surface area (Å²) in [5.74, 6) is 1.06. The van der Waals surface area contributed by atoms with Gasteiger partial charge in [0.15, 0.2) is 0 Å². The van der Waals surface area contributed by atoms with Crippen molar-refractivity contribution < 1.29 is 4.79 Å². The van der Waals surface area contributed by atoms with Gasteiger partial charge in [-0.05, 0) is 31.9 Å². The van der Waals surface area contributed by atoms with E-state index in [1.165, 1.54) is 17.1 Å². The molecule has 1 N–H and O–H groups in total. The number of nitrogens with zero attached hydrogens (tertiary/aromatic N) is 3. The highest BCUT2D eigenvalue weighted by Gasteiger charge is 2.15. The fraction of sp³-hybridized carbons (Fsp3) is 0.471. The third kappa shape index (κ3) is 4.28. The largest absolute Gasteiger partial charge is 0.341 e. The molecule has 124 valence electrons. The van der Waals surface area contributed by atoms with Crippen LogP contribution in [0.25, 0.3) is 0 Å². The highest BCUT2D eigenvalue weighted by molar-refractivity contribution is 7.09. The van der Waals surface area contributed by atoms with Crippen molar-refractivity contribution in [1.29, 1.82) is 0 Å². The minimum absolute atomic E-state index is 0.0520. The maximum atomic E-state index is 12.3. The highest BCUT2D eigenvalue weighted by atomic mass is 32.1. The van der Waals surface area contributed by atoms with Gasteiger partial charge < -0.3 is 10.2 Å². The number of hydrogen-bond acceptors (Lipinski definition) is 5. The van der Waals surface area contributed by atoms with Gasteiger partial charge >= 0.3 is 0 Å². The molecule has 0 saturated heterocycles. The zero-order valence-electron chi connectivity index (χ0n) is 14.6. The van der Waals surface area contributed by atoms with Crippen molar-refractivity contribution in [3.63, 3.8) is 0 Å². The van der Waals surface area contributed by atoms with Crippen LogP contribution in [-0.4, -0.2) is 28.9 Å². The molecule has 1 aromatic carbocycles. The van der Waals surface area contributed by atoms with Crippen LogP contribution in [0.4, 0.5) is 10.8 Å². The zero-order valence-corrected chi connectivity index (χ0v) is 15.4. The second-order valence-electron chi connectivity index (χ2n) is 6.27. The summed E-state index contributed by atoms with van der Waals surface area (Å²) in [6, 6.07) is 4.15. The van der Waals surface area contributed by atoms with Gasteiger partial charge in [-0.25, -0.2) is 4.98 Å². The Hall–Kier alpha value is -1.95. The molecule has 0 unspecified atom stereocenters. The molecule has 0 aliphatic carbocycles. The summed E-state index contributed by atoms with van der Waals surface area (Å²) in [6.45, 7) is 10.4. The van der Waals surface area contributed by atoms with Gasteiger partial charge in [0.05, 0.1) is 6.54 Å². The molecule has 1 aromatic heterocycles. The second-order valence-corrected chi connectivity index (χ2v) is 7.00. The number of aromatic nitrogens is 2. The lowest BCUT2D eigenvalue weighted by Crippen LogP contribution is -2.30. The molecule has 0 saturated carbocycles. The van der Waals surface area contributed by atoms with Crippen LogP contribution in [0.5, 0.6) is 0 Å². The first-order valence-corrected chi connectivity index (χ1v) is 8.47. The van der Waals surface area contributed by atoms with E-state index in [0.717, 1.165) is 27.8 Å². The third-order valence-electron chi connectivity index (χ3n) is 3.60. The van der Waals surface area contributed by atoms with Gasteiger partial charge in [0.2, 0.25) is 11.0 Å². The van der Waals surface area contributed by atoms with E-state index in [0.29, 0.717) is 5.92 Å². The van der Waals surface area contributed by atoms with Crippen LogP contribution in [0.1, 0.15) is 42.3 Å². The summed E-state index contributed by atoms with van der Waals surface area (Å²) in [6.07, 6.45) is 0. The molecule has 0 atom stereocenters. The van der Waals surface area contributed by atoms with Crippen molar-refractivity contribution in [3.05, 3.63) is 34.6 Å². The number of aryl methyl sites for hydroxylation is 3. The first-order valence-electron chi connectivity index (χ1n) is 7.70. The van der Waals surface area contributed by atoms with Gasteiger partial charge in [0.1, 0.15) is 5.82 Å². The quantitative estimate of drug-likeness (QED) is 0.908. The van der Waals surface area contributed by atoms with Crippen LogP contribution in [-0.2, 0) is 4.79 Å². The fourth-order valence-corrected chi connectivity index (χ4v) is 3.22. The maximum absolute atomic E-state index is 12.3. The molecule has 2 rings (SSSR count).